The number of aliphatic hydroxyl groups is 3. The fraction of sp³-hybridized carbons (Fsp3) is 0.654. The van der Waals surface area contributed by atoms with Crippen molar-refractivity contribution in [2.45, 2.75) is 65.4 Å². The summed E-state index contributed by atoms with van der Waals surface area (Å²) in [5, 5.41) is 38.4. The molecule has 4 aliphatic carbocycles. The summed E-state index contributed by atoms with van der Waals surface area (Å²) >= 11 is 3.34. The van der Waals surface area contributed by atoms with E-state index in [1.54, 1.807) is 19.1 Å². The Kier molecular flexibility index (Phi) is 5.57. The Balaban J connectivity index is 1.64. The molecule has 5 rings (SSSR count). The second-order valence-electron chi connectivity index (χ2n) is 11.3. The van der Waals surface area contributed by atoms with E-state index in [9.17, 15) is 24.9 Å². The summed E-state index contributed by atoms with van der Waals surface area (Å²) in [7, 11) is 0. The number of halogens is 1. The summed E-state index contributed by atoms with van der Waals surface area (Å²) in [6.45, 7) is 9.70. The number of ketones is 1. The van der Waals surface area contributed by atoms with E-state index in [2.05, 4.69) is 34.9 Å². The van der Waals surface area contributed by atoms with Crippen LogP contribution in [0.15, 0.2) is 34.0 Å². The van der Waals surface area contributed by atoms with Crippen molar-refractivity contribution in [2.24, 2.45) is 34.5 Å². The van der Waals surface area contributed by atoms with Crippen LogP contribution < -0.4 is 0 Å². The fourth-order valence-corrected chi connectivity index (χ4v) is 8.02. The highest BCUT2D eigenvalue weighted by Crippen LogP contribution is 2.71. The van der Waals surface area contributed by atoms with E-state index in [0.29, 0.717) is 23.0 Å². The van der Waals surface area contributed by atoms with Crippen LogP contribution in [0.2, 0.25) is 0 Å². The number of hydrogen-bond donors (Lipinski definition) is 3. The predicted octanol–water partition coefficient (Wildman–Crippen LogP) is 2.66. The highest BCUT2D eigenvalue weighted by molar-refractivity contribution is 9.10. The number of esters is 1. The van der Waals surface area contributed by atoms with E-state index in [1.807, 2.05) is 13.8 Å². The molecule has 9 heteroatoms. The van der Waals surface area contributed by atoms with Crippen LogP contribution in [0.5, 0.6) is 0 Å². The second-order valence-corrected chi connectivity index (χ2v) is 12.2. The minimum absolute atomic E-state index is 0.0469. The Bertz CT molecular complexity index is 1170. The third-order valence-corrected chi connectivity index (χ3v) is 9.99. The van der Waals surface area contributed by atoms with Crippen molar-refractivity contribution in [1.29, 1.82) is 0 Å². The maximum absolute atomic E-state index is 14.4. The maximum atomic E-state index is 14.4. The van der Waals surface area contributed by atoms with Gasteiger partial charge >= 0.3 is 5.97 Å². The molecule has 1 spiro atoms. The summed E-state index contributed by atoms with van der Waals surface area (Å²) in [6, 6.07) is 0. The SMILES string of the molecule is CCn1ncc(Br)c1C(=O)O[C@H]1C(C)=C[C@]23C(=O)[C@@H](C=C(CO)[C@@H](O)[C@]12O)[C@H]1[C@@H](C[C@H]3C)C1(C)C. The molecule has 8 nitrogen and oxygen atoms in total. The number of nitrogens with zero attached hydrogens (tertiary/aromatic N) is 2. The van der Waals surface area contributed by atoms with Gasteiger partial charge in [-0.1, -0.05) is 32.9 Å². The predicted molar refractivity (Wildman–Crippen MR) is 130 cm³/mol. The van der Waals surface area contributed by atoms with E-state index in [-0.39, 0.29) is 40.2 Å². The lowest BCUT2D eigenvalue weighted by atomic mass is 9.59. The van der Waals surface area contributed by atoms with Crippen molar-refractivity contribution >= 4 is 27.7 Å². The Morgan fingerprint density at radius 1 is 1.37 bits per heavy atom. The van der Waals surface area contributed by atoms with Crippen LogP contribution in [-0.4, -0.2) is 61.3 Å². The van der Waals surface area contributed by atoms with Gasteiger partial charge in [-0.15, -0.1) is 0 Å². The Labute approximate surface area is 213 Å². The molecule has 3 N–H and O–H groups in total. The molecule has 2 saturated carbocycles. The van der Waals surface area contributed by atoms with Gasteiger partial charge in [-0.3, -0.25) is 9.48 Å². The van der Waals surface area contributed by atoms with Crippen LogP contribution in [0.3, 0.4) is 0 Å². The van der Waals surface area contributed by atoms with Gasteiger partial charge in [-0.2, -0.15) is 5.10 Å². The third kappa shape index (κ3) is 2.98. The van der Waals surface area contributed by atoms with Gasteiger partial charge in [0.05, 0.1) is 22.7 Å². The van der Waals surface area contributed by atoms with Gasteiger partial charge in [0.25, 0.3) is 0 Å². The monoisotopic (exact) mass is 548 g/mol. The molecule has 2 bridgehead atoms. The number of rotatable bonds is 4. The highest BCUT2D eigenvalue weighted by Gasteiger charge is 2.76. The number of aryl methyl sites for hydroxylation is 1. The van der Waals surface area contributed by atoms with Crippen LogP contribution in [0.1, 0.15) is 51.5 Å². The number of hydrogen-bond acceptors (Lipinski definition) is 7. The average Bonchev–Trinajstić information content (AvgIpc) is 3.08. The lowest BCUT2D eigenvalue weighted by Crippen LogP contribution is -2.65. The number of ether oxygens (including phenoxy) is 1. The minimum atomic E-state index is -2.16. The van der Waals surface area contributed by atoms with Crippen LogP contribution in [-0.2, 0) is 16.1 Å². The van der Waals surface area contributed by atoms with Gasteiger partial charge in [-0.05, 0) is 70.5 Å². The normalized spacial score (nSPS) is 41.2. The molecule has 4 aliphatic rings. The van der Waals surface area contributed by atoms with Crippen molar-refractivity contribution in [2.75, 3.05) is 6.61 Å². The van der Waals surface area contributed by atoms with E-state index >= 15 is 0 Å². The molecule has 0 aromatic carbocycles. The first kappa shape index (κ1) is 24.9. The fourth-order valence-electron chi connectivity index (χ4n) is 7.56. The van der Waals surface area contributed by atoms with Gasteiger partial charge in [0, 0.05) is 12.5 Å². The highest BCUT2D eigenvalue weighted by atomic mass is 79.9. The van der Waals surface area contributed by atoms with Gasteiger partial charge in [0.2, 0.25) is 0 Å². The number of fused-ring (bicyclic) bond motifs is 3. The number of carbonyl (C=O) groups is 2. The quantitative estimate of drug-likeness (QED) is 0.390. The second kappa shape index (κ2) is 7.84. The zero-order valence-corrected chi connectivity index (χ0v) is 22.2. The van der Waals surface area contributed by atoms with Crippen LogP contribution in [0.25, 0.3) is 0 Å². The molecular formula is C26H33BrN2O6. The van der Waals surface area contributed by atoms with E-state index in [4.69, 9.17) is 4.74 Å². The summed E-state index contributed by atoms with van der Waals surface area (Å²) in [6.07, 6.45) is 2.73. The average molecular weight is 549 g/mol. The van der Waals surface area contributed by atoms with Crippen LogP contribution in [0.4, 0.5) is 0 Å². The lowest BCUT2D eigenvalue weighted by molar-refractivity contribution is -0.190. The standard InChI is InChI=1S/C26H33BrN2O6/c1-6-29-19(17(27)10-28-29)23(33)35-22-12(2)9-25-13(3)7-16-18(24(16,4)5)15(21(25)32)8-14(11-30)20(31)26(22,25)34/h8-10,13,15-16,18,20,22,30-31,34H,6-7,11H2,1-5H3/t13-,15+,16-,18+,20-,22+,25+,26+/m1/s1. The summed E-state index contributed by atoms with van der Waals surface area (Å²) in [4.78, 5) is 27.7. The summed E-state index contributed by atoms with van der Waals surface area (Å²) in [5.41, 5.74) is -2.78. The van der Waals surface area contributed by atoms with Crippen molar-refractivity contribution in [3.8, 4) is 0 Å². The molecule has 0 saturated heterocycles. The van der Waals surface area contributed by atoms with Crippen LogP contribution in [0, 0.1) is 34.5 Å². The first-order valence-electron chi connectivity index (χ1n) is 12.3. The molecule has 8 atom stereocenters. The molecule has 1 aromatic heterocycles. The van der Waals surface area contributed by atoms with Crippen molar-refractivity contribution < 1.29 is 29.6 Å². The number of carbonyl (C=O) groups excluding carboxylic acids is 2. The molecule has 0 radical (unpaired) electrons. The Hall–Kier alpha value is -1.81. The molecule has 1 aromatic rings. The van der Waals surface area contributed by atoms with E-state index < -0.39 is 41.7 Å². The van der Waals surface area contributed by atoms with Gasteiger partial charge in [0.1, 0.15) is 6.10 Å². The molecule has 2 fully saturated rings. The molecular weight excluding hydrogens is 516 g/mol. The molecule has 35 heavy (non-hydrogen) atoms. The maximum Gasteiger partial charge on any atom is 0.358 e. The minimum Gasteiger partial charge on any atom is -0.450 e. The largest absolute Gasteiger partial charge is 0.450 e. The number of Topliss-reactive ketones (excluding diaryl/α,β-unsaturated/α-hetero) is 1. The number of aliphatic hydroxyl groups excluding tert-OH is 2. The van der Waals surface area contributed by atoms with Crippen molar-refractivity contribution in [3.63, 3.8) is 0 Å². The summed E-state index contributed by atoms with van der Waals surface area (Å²) in [5.74, 6) is -1.40. The van der Waals surface area contributed by atoms with E-state index in [1.165, 1.54) is 10.9 Å². The Morgan fingerprint density at radius 3 is 2.69 bits per heavy atom. The van der Waals surface area contributed by atoms with Crippen LogP contribution >= 0.6 is 15.9 Å². The van der Waals surface area contributed by atoms with Crippen molar-refractivity contribution in [3.05, 3.63) is 39.7 Å². The molecule has 0 aliphatic heterocycles. The van der Waals surface area contributed by atoms with Gasteiger partial charge < -0.3 is 20.1 Å². The number of allylic oxidation sites excluding steroid dienone is 1. The topological polar surface area (TPSA) is 122 Å². The first-order valence-corrected chi connectivity index (χ1v) is 13.0. The van der Waals surface area contributed by atoms with Crippen molar-refractivity contribution in [1.82, 2.24) is 9.78 Å². The smallest absolute Gasteiger partial charge is 0.358 e. The van der Waals surface area contributed by atoms with Gasteiger partial charge in [0.15, 0.2) is 23.2 Å². The molecule has 0 amide bonds. The molecule has 1 heterocycles. The van der Waals surface area contributed by atoms with Gasteiger partial charge in [-0.25, -0.2) is 4.79 Å². The number of aromatic nitrogens is 2. The zero-order chi connectivity index (χ0) is 25.7. The molecule has 190 valence electrons. The summed E-state index contributed by atoms with van der Waals surface area (Å²) < 4.78 is 7.84. The third-order valence-electron chi connectivity index (χ3n) is 9.41. The molecule has 0 unspecified atom stereocenters. The van der Waals surface area contributed by atoms with E-state index in [0.717, 1.165) is 0 Å². The lowest BCUT2D eigenvalue weighted by Gasteiger charge is -2.48. The Morgan fingerprint density at radius 2 is 2.06 bits per heavy atom. The zero-order valence-electron chi connectivity index (χ0n) is 20.7. The first-order chi connectivity index (χ1) is 16.4.